The van der Waals surface area contributed by atoms with E-state index < -0.39 is 17.3 Å². The zero-order valence-electron chi connectivity index (χ0n) is 11.9. The number of carboxylic acids is 1. The van der Waals surface area contributed by atoms with Crippen LogP contribution in [-0.4, -0.2) is 30.1 Å². The molecule has 21 heavy (non-hydrogen) atoms. The van der Waals surface area contributed by atoms with Gasteiger partial charge in [0.15, 0.2) is 0 Å². The Labute approximate surface area is 128 Å². The third-order valence-electron chi connectivity index (χ3n) is 4.27. The molecule has 6 heteroatoms. The SMILES string of the molecule is CCC1(C(=O)O)CCCN(c2cc(Cl)ccc2C(N)=O)C1. The Hall–Kier alpha value is -1.75. The van der Waals surface area contributed by atoms with Crippen molar-refractivity contribution in [1.29, 1.82) is 0 Å². The number of hydrogen-bond donors (Lipinski definition) is 2. The minimum Gasteiger partial charge on any atom is -0.481 e. The van der Waals surface area contributed by atoms with Gasteiger partial charge in [0.1, 0.15) is 0 Å². The van der Waals surface area contributed by atoms with Gasteiger partial charge >= 0.3 is 5.97 Å². The predicted octanol–water partition coefficient (Wildman–Crippen LogP) is 2.52. The van der Waals surface area contributed by atoms with Gasteiger partial charge in [0, 0.05) is 18.1 Å². The second-order valence-corrected chi connectivity index (χ2v) is 5.93. The number of hydrogen-bond acceptors (Lipinski definition) is 3. The van der Waals surface area contributed by atoms with Gasteiger partial charge in [-0.3, -0.25) is 9.59 Å². The van der Waals surface area contributed by atoms with Crippen LogP contribution in [0.1, 0.15) is 36.5 Å². The lowest BCUT2D eigenvalue weighted by Gasteiger charge is -2.41. The number of nitrogens with two attached hydrogens (primary N) is 1. The van der Waals surface area contributed by atoms with Crippen LogP contribution < -0.4 is 10.6 Å². The molecular weight excluding hydrogens is 292 g/mol. The van der Waals surface area contributed by atoms with Crippen LogP contribution >= 0.6 is 11.6 Å². The number of carboxylic acid groups (broad SMARTS) is 1. The molecule has 0 aliphatic carbocycles. The Morgan fingerprint density at radius 3 is 2.76 bits per heavy atom. The van der Waals surface area contributed by atoms with Crippen molar-refractivity contribution in [3.8, 4) is 0 Å². The quantitative estimate of drug-likeness (QED) is 0.895. The molecule has 1 heterocycles. The van der Waals surface area contributed by atoms with Crippen LogP contribution in [0, 0.1) is 5.41 Å². The number of primary amides is 1. The first-order valence-electron chi connectivity index (χ1n) is 6.97. The van der Waals surface area contributed by atoms with Gasteiger partial charge in [-0.25, -0.2) is 0 Å². The molecule has 1 saturated heterocycles. The van der Waals surface area contributed by atoms with Crippen molar-refractivity contribution in [2.75, 3.05) is 18.0 Å². The van der Waals surface area contributed by atoms with Crippen molar-refractivity contribution in [2.45, 2.75) is 26.2 Å². The van der Waals surface area contributed by atoms with E-state index in [0.29, 0.717) is 42.2 Å². The number of rotatable bonds is 4. The van der Waals surface area contributed by atoms with E-state index in [9.17, 15) is 14.7 Å². The number of halogens is 1. The van der Waals surface area contributed by atoms with Crippen molar-refractivity contribution in [2.24, 2.45) is 11.1 Å². The lowest BCUT2D eigenvalue weighted by atomic mass is 9.77. The zero-order valence-corrected chi connectivity index (χ0v) is 12.7. The summed E-state index contributed by atoms with van der Waals surface area (Å²) in [6.07, 6.45) is 1.94. The summed E-state index contributed by atoms with van der Waals surface area (Å²) in [5.74, 6) is -1.33. The molecule has 1 aliphatic heterocycles. The van der Waals surface area contributed by atoms with Gasteiger partial charge in [-0.05, 0) is 37.5 Å². The van der Waals surface area contributed by atoms with Gasteiger partial charge in [0.05, 0.1) is 16.7 Å². The standard InChI is InChI=1S/C15H19ClN2O3/c1-2-15(14(20)21)6-3-7-18(9-15)12-8-10(16)4-5-11(12)13(17)19/h4-5,8H,2-3,6-7,9H2,1H3,(H2,17,19)(H,20,21). The van der Waals surface area contributed by atoms with Crippen LogP contribution in [0.15, 0.2) is 18.2 Å². The molecule has 1 fully saturated rings. The Morgan fingerprint density at radius 2 is 2.19 bits per heavy atom. The number of aliphatic carboxylic acids is 1. The van der Waals surface area contributed by atoms with Crippen molar-refractivity contribution >= 4 is 29.2 Å². The maximum atomic E-state index is 11.6. The first-order chi connectivity index (χ1) is 9.89. The molecule has 1 atom stereocenters. The number of nitrogens with zero attached hydrogens (tertiary/aromatic N) is 1. The summed E-state index contributed by atoms with van der Waals surface area (Å²) < 4.78 is 0. The van der Waals surface area contributed by atoms with Crippen LogP contribution in [0.5, 0.6) is 0 Å². The summed E-state index contributed by atoms with van der Waals surface area (Å²) in [4.78, 5) is 25.1. The van der Waals surface area contributed by atoms with Gasteiger partial charge in [-0.15, -0.1) is 0 Å². The molecule has 1 unspecified atom stereocenters. The number of carbonyl (C=O) groups excluding carboxylic acids is 1. The van der Waals surface area contributed by atoms with Crippen LogP contribution in [0.25, 0.3) is 0 Å². The predicted molar refractivity (Wildman–Crippen MR) is 81.8 cm³/mol. The molecule has 2 rings (SSSR count). The third kappa shape index (κ3) is 2.97. The molecule has 1 amide bonds. The number of benzene rings is 1. The van der Waals surface area contributed by atoms with E-state index in [1.807, 2.05) is 11.8 Å². The average Bonchev–Trinajstić information content (AvgIpc) is 2.46. The van der Waals surface area contributed by atoms with Crippen LogP contribution in [0.4, 0.5) is 5.69 Å². The number of piperidine rings is 1. The summed E-state index contributed by atoms with van der Waals surface area (Å²) in [5.41, 5.74) is 5.62. The largest absolute Gasteiger partial charge is 0.481 e. The van der Waals surface area contributed by atoms with Gasteiger partial charge in [-0.2, -0.15) is 0 Å². The van der Waals surface area contributed by atoms with Gasteiger partial charge in [-0.1, -0.05) is 18.5 Å². The van der Waals surface area contributed by atoms with E-state index in [-0.39, 0.29) is 0 Å². The highest BCUT2D eigenvalue weighted by Gasteiger charge is 2.41. The van der Waals surface area contributed by atoms with Crippen LogP contribution in [0.3, 0.4) is 0 Å². The van der Waals surface area contributed by atoms with E-state index in [2.05, 4.69) is 0 Å². The Bertz CT molecular complexity index is 576. The van der Waals surface area contributed by atoms with E-state index in [1.165, 1.54) is 0 Å². The molecule has 5 nitrogen and oxygen atoms in total. The first-order valence-corrected chi connectivity index (χ1v) is 7.35. The fourth-order valence-corrected chi connectivity index (χ4v) is 3.09. The van der Waals surface area contributed by atoms with Crippen molar-refractivity contribution in [3.63, 3.8) is 0 Å². The highest BCUT2D eigenvalue weighted by Crippen LogP contribution is 2.37. The first kappa shape index (κ1) is 15.6. The molecule has 1 aliphatic rings. The topological polar surface area (TPSA) is 83.6 Å². The van der Waals surface area contributed by atoms with Crippen molar-refractivity contribution in [1.82, 2.24) is 0 Å². The maximum absolute atomic E-state index is 11.6. The molecule has 1 aromatic carbocycles. The molecule has 0 bridgehead atoms. The second kappa shape index (κ2) is 5.93. The third-order valence-corrected chi connectivity index (χ3v) is 4.51. The summed E-state index contributed by atoms with van der Waals surface area (Å²) >= 11 is 6.01. The fourth-order valence-electron chi connectivity index (χ4n) is 2.93. The number of amides is 1. The van der Waals surface area contributed by atoms with E-state index in [1.54, 1.807) is 18.2 Å². The van der Waals surface area contributed by atoms with Crippen molar-refractivity contribution < 1.29 is 14.7 Å². The fraction of sp³-hybridized carbons (Fsp3) is 0.467. The molecule has 114 valence electrons. The highest BCUT2D eigenvalue weighted by molar-refractivity contribution is 6.31. The zero-order chi connectivity index (χ0) is 15.6. The number of carbonyl (C=O) groups is 2. The molecule has 0 spiro atoms. The van der Waals surface area contributed by atoms with E-state index >= 15 is 0 Å². The Kier molecular flexibility index (Phi) is 4.42. The molecular formula is C15H19ClN2O3. The van der Waals surface area contributed by atoms with Gasteiger partial charge < -0.3 is 15.7 Å². The van der Waals surface area contributed by atoms with Crippen molar-refractivity contribution in [3.05, 3.63) is 28.8 Å². The Balaban J connectivity index is 2.40. The maximum Gasteiger partial charge on any atom is 0.311 e. The smallest absolute Gasteiger partial charge is 0.311 e. The summed E-state index contributed by atoms with van der Waals surface area (Å²) in [6, 6.07) is 4.87. The molecule has 1 aromatic rings. The normalized spacial score (nSPS) is 22.1. The highest BCUT2D eigenvalue weighted by atomic mass is 35.5. The van der Waals surface area contributed by atoms with Crippen LogP contribution in [-0.2, 0) is 4.79 Å². The summed E-state index contributed by atoms with van der Waals surface area (Å²) in [7, 11) is 0. The minimum absolute atomic E-state index is 0.361. The minimum atomic E-state index is -0.794. The molecule has 3 N–H and O–H groups in total. The monoisotopic (exact) mass is 310 g/mol. The molecule has 0 radical (unpaired) electrons. The second-order valence-electron chi connectivity index (χ2n) is 5.49. The Morgan fingerprint density at radius 1 is 1.48 bits per heavy atom. The molecule has 0 aromatic heterocycles. The van der Waals surface area contributed by atoms with Gasteiger partial charge in [0.25, 0.3) is 5.91 Å². The number of anilines is 1. The summed E-state index contributed by atoms with van der Waals surface area (Å²) in [5, 5.41) is 10.0. The van der Waals surface area contributed by atoms with Gasteiger partial charge in [0.2, 0.25) is 0 Å². The van der Waals surface area contributed by atoms with E-state index in [0.717, 1.165) is 6.42 Å². The van der Waals surface area contributed by atoms with Crippen LogP contribution in [0.2, 0.25) is 5.02 Å². The summed E-state index contributed by atoms with van der Waals surface area (Å²) in [6.45, 7) is 2.93. The lowest BCUT2D eigenvalue weighted by Crippen LogP contribution is -2.48. The van der Waals surface area contributed by atoms with E-state index in [4.69, 9.17) is 17.3 Å². The average molecular weight is 311 g/mol. The lowest BCUT2D eigenvalue weighted by molar-refractivity contribution is -0.149. The molecule has 0 saturated carbocycles.